The van der Waals surface area contributed by atoms with Gasteiger partial charge in [-0.15, -0.1) is 0 Å². The second-order valence-corrected chi connectivity index (χ2v) is 9.36. The molecule has 4 rings (SSSR count). The Morgan fingerprint density at radius 3 is 2.27 bits per heavy atom. The highest BCUT2D eigenvalue weighted by atomic mass is 16.6. The Morgan fingerprint density at radius 1 is 1.10 bits per heavy atom. The largest absolute Gasteiger partial charge is 0.460 e. The lowest BCUT2D eigenvalue weighted by Crippen LogP contribution is -2.33. The summed E-state index contributed by atoms with van der Waals surface area (Å²) in [6.07, 6.45) is -0.753. The molecule has 2 amide bonds. The number of anilines is 2. The van der Waals surface area contributed by atoms with Gasteiger partial charge in [0.05, 0.1) is 19.0 Å². The van der Waals surface area contributed by atoms with Gasteiger partial charge in [-0.3, -0.25) is 14.5 Å². The Morgan fingerprint density at radius 2 is 1.70 bits per heavy atom. The number of amides is 2. The second kappa shape index (κ2) is 7.49. The predicted molar refractivity (Wildman–Crippen MR) is 111 cm³/mol. The average molecular weight is 415 g/mol. The first-order chi connectivity index (χ1) is 14.1. The minimum absolute atomic E-state index is 0.0275. The van der Waals surface area contributed by atoms with Crippen molar-refractivity contribution in [2.45, 2.75) is 39.4 Å². The highest BCUT2D eigenvalue weighted by Gasteiger charge is 2.60. The van der Waals surface area contributed by atoms with E-state index in [1.165, 1.54) is 6.92 Å². The Bertz CT molecular complexity index is 835. The van der Waals surface area contributed by atoms with Crippen LogP contribution < -0.4 is 15.1 Å². The summed E-state index contributed by atoms with van der Waals surface area (Å²) in [4.78, 5) is 39.4. The smallest absolute Gasteiger partial charge is 0.414 e. The van der Waals surface area contributed by atoms with E-state index in [0.717, 1.165) is 24.5 Å². The number of hydrogen-bond donors (Lipinski definition) is 1. The highest BCUT2D eigenvalue weighted by molar-refractivity contribution is 5.90. The van der Waals surface area contributed by atoms with Crippen molar-refractivity contribution >= 4 is 29.3 Å². The molecule has 1 saturated carbocycles. The van der Waals surface area contributed by atoms with Crippen molar-refractivity contribution in [1.29, 1.82) is 0 Å². The van der Waals surface area contributed by atoms with Gasteiger partial charge >= 0.3 is 12.1 Å². The summed E-state index contributed by atoms with van der Waals surface area (Å²) in [6, 6.07) is 7.81. The minimum atomic E-state index is -0.443. The predicted octanol–water partition coefficient (Wildman–Crippen LogP) is 2.17. The summed E-state index contributed by atoms with van der Waals surface area (Å²) >= 11 is 0. The van der Waals surface area contributed by atoms with Crippen LogP contribution in [0.5, 0.6) is 0 Å². The van der Waals surface area contributed by atoms with E-state index >= 15 is 0 Å². The molecule has 0 bridgehead atoms. The van der Waals surface area contributed by atoms with Crippen LogP contribution in [0, 0.1) is 17.8 Å². The third kappa shape index (κ3) is 4.22. The summed E-state index contributed by atoms with van der Waals surface area (Å²) in [5.41, 5.74) is 1.41. The first kappa shape index (κ1) is 20.5. The van der Waals surface area contributed by atoms with Crippen LogP contribution in [-0.2, 0) is 19.1 Å². The second-order valence-electron chi connectivity index (χ2n) is 9.36. The van der Waals surface area contributed by atoms with Gasteiger partial charge in [-0.1, -0.05) is 0 Å². The molecule has 0 spiro atoms. The molecule has 162 valence electrons. The number of piperidine rings is 1. The van der Waals surface area contributed by atoms with Gasteiger partial charge < -0.3 is 19.7 Å². The van der Waals surface area contributed by atoms with E-state index in [9.17, 15) is 14.4 Å². The van der Waals surface area contributed by atoms with E-state index in [1.54, 1.807) is 4.90 Å². The molecule has 1 aromatic rings. The summed E-state index contributed by atoms with van der Waals surface area (Å²) in [5.74, 6) is 0.533. The number of carbonyl (C=O) groups is 3. The SMILES string of the molecule is CC(=O)NC[C@H]1CN(c2ccc(N3C[C@@H]4C(C(=O)OC(C)(C)C)[C@@H]4C3)cc2)C(=O)O1. The molecule has 3 fully saturated rings. The lowest BCUT2D eigenvalue weighted by Gasteiger charge is -2.24. The van der Waals surface area contributed by atoms with Crippen molar-refractivity contribution in [1.82, 2.24) is 5.32 Å². The lowest BCUT2D eigenvalue weighted by molar-refractivity contribution is -0.157. The molecule has 2 saturated heterocycles. The van der Waals surface area contributed by atoms with Gasteiger partial charge in [-0.25, -0.2) is 4.79 Å². The Hall–Kier alpha value is -2.77. The van der Waals surface area contributed by atoms with Crippen molar-refractivity contribution in [3.63, 3.8) is 0 Å². The van der Waals surface area contributed by atoms with Crippen LogP contribution in [0.2, 0.25) is 0 Å². The fourth-order valence-corrected chi connectivity index (χ4v) is 4.40. The Labute approximate surface area is 176 Å². The van der Waals surface area contributed by atoms with E-state index < -0.39 is 11.7 Å². The van der Waals surface area contributed by atoms with Gasteiger partial charge in [0.15, 0.2) is 0 Å². The number of ether oxygens (including phenoxy) is 2. The molecule has 0 radical (unpaired) electrons. The molecule has 1 unspecified atom stereocenters. The van der Waals surface area contributed by atoms with Crippen molar-refractivity contribution in [3.8, 4) is 0 Å². The normalized spacial score (nSPS) is 27.5. The minimum Gasteiger partial charge on any atom is -0.460 e. The Balaban J connectivity index is 1.31. The molecule has 8 nitrogen and oxygen atoms in total. The monoisotopic (exact) mass is 415 g/mol. The van der Waals surface area contributed by atoms with Crippen molar-refractivity contribution < 1.29 is 23.9 Å². The van der Waals surface area contributed by atoms with Crippen LogP contribution in [-0.4, -0.2) is 55.9 Å². The number of hydrogen-bond acceptors (Lipinski definition) is 6. The quantitative estimate of drug-likeness (QED) is 0.742. The van der Waals surface area contributed by atoms with Gasteiger partial charge in [-0.2, -0.15) is 0 Å². The zero-order valence-electron chi connectivity index (χ0n) is 17.9. The van der Waals surface area contributed by atoms with Crippen LogP contribution in [0.3, 0.4) is 0 Å². The standard InChI is InChI=1S/C22H29N3O5/c1-13(26)23-9-16-10-25(21(28)29-16)15-7-5-14(6-8-15)24-11-17-18(12-24)19(17)20(27)30-22(2,3)4/h5-8,16-19H,9-12H2,1-4H3,(H,23,26)/t16-,17-,18+,19?/m0/s1. The van der Waals surface area contributed by atoms with Gasteiger partial charge in [0.1, 0.15) is 11.7 Å². The first-order valence-corrected chi connectivity index (χ1v) is 10.4. The van der Waals surface area contributed by atoms with Gasteiger partial charge in [0, 0.05) is 31.4 Å². The highest BCUT2D eigenvalue weighted by Crippen LogP contribution is 2.53. The topological polar surface area (TPSA) is 88.2 Å². The van der Waals surface area contributed by atoms with Crippen molar-refractivity contribution in [2.24, 2.45) is 17.8 Å². The van der Waals surface area contributed by atoms with Crippen LogP contribution in [0.1, 0.15) is 27.7 Å². The fourth-order valence-electron chi connectivity index (χ4n) is 4.40. The van der Waals surface area contributed by atoms with Gasteiger partial charge in [0.2, 0.25) is 5.91 Å². The van der Waals surface area contributed by atoms with Crippen LogP contribution in [0.4, 0.5) is 16.2 Å². The number of nitrogens with one attached hydrogen (secondary N) is 1. The maximum absolute atomic E-state index is 12.3. The van der Waals surface area contributed by atoms with Crippen LogP contribution >= 0.6 is 0 Å². The first-order valence-electron chi connectivity index (χ1n) is 10.4. The van der Waals surface area contributed by atoms with E-state index in [0.29, 0.717) is 24.9 Å². The van der Waals surface area contributed by atoms with E-state index in [2.05, 4.69) is 10.2 Å². The Kier molecular flexibility index (Phi) is 5.11. The number of fused-ring (bicyclic) bond motifs is 1. The summed E-state index contributed by atoms with van der Waals surface area (Å²) in [7, 11) is 0. The molecular weight excluding hydrogens is 386 g/mol. The molecule has 3 aliphatic rings. The third-order valence-electron chi connectivity index (χ3n) is 5.85. The lowest BCUT2D eigenvalue weighted by atomic mass is 10.2. The number of nitrogens with zero attached hydrogens (tertiary/aromatic N) is 2. The molecule has 1 N–H and O–H groups in total. The summed E-state index contributed by atoms with van der Waals surface area (Å²) < 4.78 is 10.8. The van der Waals surface area contributed by atoms with Crippen molar-refractivity contribution in [2.75, 3.05) is 36.0 Å². The average Bonchev–Trinajstić information content (AvgIpc) is 2.97. The van der Waals surface area contributed by atoms with Gasteiger partial charge in [0.25, 0.3) is 0 Å². The molecule has 2 heterocycles. The van der Waals surface area contributed by atoms with E-state index in [-0.39, 0.29) is 23.9 Å². The van der Waals surface area contributed by atoms with Crippen LogP contribution in [0.25, 0.3) is 0 Å². The molecular formula is C22H29N3O5. The number of esters is 1. The third-order valence-corrected chi connectivity index (χ3v) is 5.85. The number of carbonyl (C=O) groups excluding carboxylic acids is 3. The fraction of sp³-hybridized carbons (Fsp3) is 0.591. The molecule has 0 aromatic heterocycles. The van der Waals surface area contributed by atoms with Crippen LogP contribution in [0.15, 0.2) is 24.3 Å². The molecule has 2 aliphatic heterocycles. The summed E-state index contributed by atoms with van der Waals surface area (Å²) in [5, 5.41) is 2.68. The molecule has 1 aromatic carbocycles. The zero-order valence-corrected chi connectivity index (χ0v) is 17.9. The van der Waals surface area contributed by atoms with Gasteiger partial charge in [-0.05, 0) is 56.9 Å². The molecule has 8 heteroatoms. The number of cyclic esters (lactones) is 1. The molecule has 4 atom stereocenters. The molecule has 30 heavy (non-hydrogen) atoms. The maximum Gasteiger partial charge on any atom is 0.414 e. The molecule has 1 aliphatic carbocycles. The number of benzene rings is 1. The van der Waals surface area contributed by atoms with E-state index in [1.807, 2.05) is 45.0 Å². The number of rotatable bonds is 5. The van der Waals surface area contributed by atoms with E-state index in [4.69, 9.17) is 9.47 Å². The van der Waals surface area contributed by atoms with Crippen molar-refractivity contribution in [3.05, 3.63) is 24.3 Å². The zero-order chi connectivity index (χ0) is 21.6. The summed E-state index contributed by atoms with van der Waals surface area (Å²) in [6.45, 7) is 9.54. The maximum atomic E-state index is 12.3.